The van der Waals surface area contributed by atoms with Crippen molar-refractivity contribution in [2.75, 3.05) is 11.4 Å². The molecule has 0 spiro atoms. The number of aromatic nitrogens is 3. The van der Waals surface area contributed by atoms with Crippen molar-refractivity contribution >= 4 is 35.1 Å². The van der Waals surface area contributed by atoms with Crippen molar-refractivity contribution in [1.29, 1.82) is 0 Å². The Bertz CT molecular complexity index is 903. The SMILES string of the molecule is O=C(O)Cn1cc(CNC(=O)C2CC(=O)N(c3ccc(Cl)c(F)c3)C2)nn1. The number of carbonyl (C=O) groups excluding carboxylic acids is 2. The van der Waals surface area contributed by atoms with Gasteiger partial charge in [-0.1, -0.05) is 16.8 Å². The number of halogens is 2. The fraction of sp³-hybridized carbons (Fsp3) is 0.312. The van der Waals surface area contributed by atoms with Crippen molar-refractivity contribution in [3.8, 4) is 0 Å². The summed E-state index contributed by atoms with van der Waals surface area (Å²) in [5, 5.41) is 18.7. The monoisotopic (exact) mass is 395 g/mol. The second-order valence-electron chi connectivity index (χ2n) is 6.02. The highest BCUT2D eigenvalue weighted by molar-refractivity contribution is 6.30. The average Bonchev–Trinajstić information content (AvgIpc) is 3.21. The summed E-state index contributed by atoms with van der Waals surface area (Å²) < 4.78 is 14.7. The van der Waals surface area contributed by atoms with Gasteiger partial charge in [-0.05, 0) is 18.2 Å². The molecule has 2 amide bonds. The van der Waals surface area contributed by atoms with Crippen LogP contribution in [0.4, 0.5) is 10.1 Å². The third-order valence-corrected chi connectivity index (χ3v) is 4.34. The number of nitrogens with one attached hydrogen (secondary N) is 1. The van der Waals surface area contributed by atoms with Crippen LogP contribution >= 0.6 is 11.6 Å². The Morgan fingerprint density at radius 2 is 2.19 bits per heavy atom. The molecule has 1 aromatic heterocycles. The van der Waals surface area contributed by atoms with Crippen molar-refractivity contribution in [2.45, 2.75) is 19.5 Å². The lowest BCUT2D eigenvalue weighted by Crippen LogP contribution is -2.32. The molecular weight excluding hydrogens is 381 g/mol. The van der Waals surface area contributed by atoms with Crippen LogP contribution in [0.1, 0.15) is 12.1 Å². The van der Waals surface area contributed by atoms with Gasteiger partial charge in [0.2, 0.25) is 11.8 Å². The Kier molecular flexibility index (Phi) is 5.36. The fourth-order valence-corrected chi connectivity index (χ4v) is 2.86. The van der Waals surface area contributed by atoms with Crippen LogP contribution in [0.5, 0.6) is 0 Å². The van der Waals surface area contributed by atoms with Gasteiger partial charge in [0.1, 0.15) is 18.1 Å². The van der Waals surface area contributed by atoms with E-state index in [2.05, 4.69) is 15.6 Å². The highest BCUT2D eigenvalue weighted by Crippen LogP contribution is 2.28. The molecule has 0 bridgehead atoms. The summed E-state index contributed by atoms with van der Waals surface area (Å²) in [6.45, 7) is -0.152. The number of benzene rings is 1. The Balaban J connectivity index is 1.58. The van der Waals surface area contributed by atoms with Crippen LogP contribution in [0.25, 0.3) is 0 Å². The van der Waals surface area contributed by atoms with Crippen molar-refractivity contribution in [2.24, 2.45) is 5.92 Å². The number of rotatable bonds is 6. The molecule has 11 heteroatoms. The normalized spacial score (nSPS) is 16.6. The first-order valence-electron chi connectivity index (χ1n) is 7.97. The van der Waals surface area contributed by atoms with Crippen molar-refractivity contribution in [1.82, 2.24) is 20.3 Å². The number of nitrogens with zero attached hydrogens (tertiary/aromatic N) is 4. The summed E-state index contributed by atoms with van der Waals surface area (Å²) in [4.78, 5) is 36.4. The van der Waals surface area contributed by atoms with Crippen LogP contribution in [0.2, 0.25) is 5.02 Å². The van der Waals surface area contributed by atoms with Gasteiger partial charge in [0.15, 0.2) is 0 Å². The summed E-state index contributed by atoms with van der Waals surface area (Å²) in [6, 6.07) is 4.03. The largest absolute Gasteiger partial charge is 0.480 e. The van der Waals surface area contributed by atoms with E-state index in [0.717, 1.165) is 10.7 Å². The van der Waals surface area contributed by atoms with E-state index in [4.69, 9.17) is 16.7 Å². The molecule has 1 saturated heterocycles. The predicted molar refractivity (Wildman–Crippen MR) is 91.4 cm³/mol. The number of anilines is 1. The van der Waals surface area contributed by atoms with Gasteiger partial charge in [-0.3, -0.25) is 14.4 Å². The molecule has 1 aromatic carbocycles. The topological polar surface area (TPSA) is 117 Å². The minimum absolute atomic E-state index is 0.00177. The molecule has 0 aliphatic carbocycles. The van der Waals surface area contributed by atoms with Gasteiger partial charge in [-0.25, -0.2) is 9.07 Å². The summed E-state index contributed by atoms with van der Waals surface area (Å²) >= 11 is 5.64. The maximum atomic E-state index is 13.6. The van der Waals surface area contributed by atoms with Gasteiger partial charge in [0.25, 0.3) is 0 Å². The third kappa shape index (κ3) is 4.40. The Morgan fingerprint density at radius 1 is 1.41 bits per heavy atom. The van der Waals surface area contributed by atoms with E-state index >= 15 is 0 Å². The van der Waals surface area contributed by atoms with Crippen LogP contribution in [-0.4, -0.2) is 44.4 Å². The first kappa shape index (κ1) is 18.8. The lowest BCUT2D eigenvalue weighted by molar-refractivity contribution is -0.138. The van der Waals surface area contributed by atoms with Gasteiger partial charge in [-0.15, -0.1) is 5.10 Å². The van der Waals surface area contributed by atoms with Crippen molar-refractivity contribution in [3.05, 3.63) is 40.9 Å². The molecule has 142 valence electrons. The fourth-order valence-electron chi connectivity index (χ4n) is 2.74. The van der Waals surface area contributed by atoms with Crippen LogP contribution in [0, 0.1) is 11.7 Å². The molecule has 1 aliphatic heterocycles. The molecule has 1 aliphatic rings. The van der Waals surface area contributed by atoms with E-state index in [0.29, 0.717) is 11.4 Å². The molecule has 1 fully saturated rings. The predicted octanol–water partition coefficient (Wildman–Crippen LogP) is 0.825. The Labute approximate surface area is 157 Å². The van der Waals surface area contributed by atoms with Gasteiger partial charge in [0.05, 0.1) is 23.7 Å². The Hall–Kier alpha value is -3.01. The quantitative estimate of drug-likeness (QED) is 0.748. The molecule has 9 nitrogen and oxygen atoms in total. The van der Waals surface area contributed by atoms with Crippen LogP contribution in [0.3, 0.4) is 0 Å². The highest BCUT2D eigenvalue weighted by Gasteiger charge is 2.35. The second kappa shape index (κ2) is 7.70. The van der Waals surface area contributed by atoms with Gasteiger partial charge >= 0.3 is 5.97 Å². The lowest BCUT2D eigenvalue weighted by atomic mass is 10.1. The smallest absolute Gasteiger partial charge is 0.325 e. The molecular formula is C16H15ClFN5O4. The zero-order valence-electron chi connectivity index (χ0n) is 13.9. The second-order valence-corrected chi connectivity index (χ2v) is 6.43. The number of amides is 2. The summed E-state index contributed by atoms with van der Waals surface area (Å²) in [5.74, 6) is -2.93. The van der Waals surface area contributed by atoms with Crippen molar-refractivity contribution in [3.63, 3.8) is 0 Å². The van der Waals surface area contributed by atoms with Gasteiger partial charge in [0, 0.05) is 18.7 Å². The molecule has 1 unspecified atom stereocenters. The van der Waals surface area contributed by atoms with E-state index in [1.165, 1.54) is 23.2 Å². The number of hydrogen-bond donors (Lipinski definition) is 2. The zero-order chi connectivity index (χ0) is 19.6. The molecule has 0 radical (unpaired) electrons. The van der Waals surface area contributed by atoms with E-state index < -0.39 is 17.7 Å². The minimum Gasteiger partial charge on any atom is -0.480 e. The molecule has 27 heavy (non-hydrogen) atoms. The van der Waals surface area contributed by atoms with Gasteiger partial charge in [-0.2, -0.15) is 0 Å². The third-order valence-electron chi connectivity index (χ3n) is 4.04. The maximum absolute atomic E-state index is 13.6. The maximum Gasteiger partial charge on any atom is 0.325 e. The lowest BCUT2D eigenvalue weighted by Gasteiger charge is -2.17. The van der Waals surface area contributed by atoms with Crippen LogP contribution < -0.4 is 10.2 Å². The van der Waals surface area contributed by atoms with E-state index in [9.17, 15) is 18.8 Å². The first-order valence-corrected chi connectivity index (χ1v) is 8.35. The van der Waals surface area contributed by atoms with E-state index in [-0.39, 0.29) is 42.9 Å². The summed E-state index contributed by atoms with van der Waals surface area (Å²) in [7, 11) is 0. The minimum atomic E-state index is -1.06. The highest BCUT2D eigenvalue weighted by atomic mass is 35.5. The number of carboxylic acids is 1. The van der Waals surface area contributed by atoms with Crippen LogP contribution in [0.15, 0.2) is 24.4 Å². The number of hydrogen-bond acceptors (Lipinski definition) is 5. The summed E-state index contributed by atoms with van der Waals surface area (Å²) in [5.41, 5.74) is 0.736. The number of carboxylic acid groups (broad SMARTS) is 1. The van der Waals surface area contributed by atoms with Crippen LogP contribution in [-0.2, 0) is 27.5 Å². The zero-order valence-corrected chi connectivity index (χ0v) is 14.7. The molecule has 0 saturated carbocycles. The molecule has 2 aromatic rings. The Morgan fingerprint density at radius 3 is 2.89 bits per heavy atom. The average molecular weight is 396 g/mol. The summed E-state index contributed by atoms with van der Waals surface area (Å²) in [6.07, 6.45) is 1.42. The number of carbonyl (C=O) groups is 3. The van der Waals surface area contributed by atoms with Crippen molar-refractivity contribution < 1.29 is 23.9 Å². The molecule has 2 N–H and O–H groups in total. The van der Waals surface area contributed by atoms with E-state index in [1.807, 2.05) is 0 Å². The van der Waals surface area contributed by atoms with Gasteiger partial charge < -0.3 is 15.3 Å². The molecule has 2 heterocycles. The molecule has 1 atom stereocenters. The first-order chi connectivity index (χ1) is 12.8. The van der Waals surface area contributed by atoms with E-state index in [1.54, 1.807) is 0 Å². The standard InChI is InChI=1S/C16H15ClFN5O4/c17-12-2-1-11(4-13(12)18)23-6-9(3-14(23)24)16(27)19-5-10-7-22(21-20-10)8-15(25)26/h1-2,4,7,9H,3,5-6,8H2,(H,19,27)(H,25,26). The number of aliphatic carboxylic acids is 1. The molecule has 3 rings (SSSR count).